The molecule has 11 heavy (non-hydrogen) atoms. The molecule has 0 saturated heterocycles. The Morgan fingerprint density at radius 3 is 2.45 bits per heavy atom. The third kappa shape index (κ3) is 4.35. The zero-order valence-corrected chi connectivity index (χ0v) is 7.87. The molecular formula is C8H19NO2. The van der Waals surface area contributed by atoms with Crippen LogP contribution in [0, 0.1) is 0 Å². The maximum Gasteiger partial charge on any atom is 0.155 e. The monoisotopic (exact) mass is 161 g/mol. The molecule has 0 aliphatic heterocycles. The van der Waals surface area contributed by atoms with Crippen LogP contribution in [-0.4, -0.2) is 43.0 Å². The Bertz CT molecular complexity index is 98.1. The van der Waals surface area contributed by atoms with Gasteiger partial charge < -0.3 is 14.7 Å². The van der Waals surface area contributed by atoms with E-state index in [0.29, 0.717) is 12.5 Å². The van der Waals surface area contributed by atoms with Crippen molar-refractivity contribution in [3.05, 3.63) is 0 Å². The predicted octanol–water partition coefficient (Wildman–Crippen LogP) is 0.681. The molecule has 0 aromatic heterocycles. The number of nitrogens with zero attached hydrogens (tertiary/aromatic N) is 1. The summed E-state index contributed by atoms with van der Waals surface area (Å²) in [7, 11) is 3.55. The molecule has 0 saturated carbocycles. The molecule has 0 heterocycles. The SMILES string of the molecule is CCN(C)C(C)CC(O)OC. The summed E-state index contributed by atoms with van der Waals surface area (Å²) >= 11 is 0. The Balaban J connectivity index is 3.58. The molecule has 1 N–H and O–H groups in total. The lowest BCUT2D eigenvalue weighted by Gasteiger charge is -2.24. The van der Waals surface area contributed by atoms with Crippen LogP contribution in [0.4, 0.5) is 0 Å². The summed E-state index contributed by atoms with van der Waals surface area (Å²) in [6, 6.07) is 0.370. The second-order valence-electron chi connectivity index (χ2n) is 2.85. The highest BCUT2D eigenvalue weighted by Gasteiger charge is 2.11. The molecule has 2 atom stereocenters. The van der Waals surface area contributed by atoms with Crippen LogP contribution in [0.25, 0.3) is 0 Å². The van der Waals surface area contributed by atoms with E-state index in [1.54, 1.807) is 0 Å². The number of hydrogen-bond acceptors (Lipinski definition) is 3. The van der Waals surface area contributed by atoms with E-state index in [2.05, 4.69) is 18.7 Å². The van der Waals surface area contributed by atoms with Crippen molar-refractivity contribution in [1.29, 1.82) is 0 Å². The van der Waals surface area contributed by atoms with Gasteiger partial charge in [0, 0.05) is 19.6 Å². The summed E-state index contributed by atoms with van der Waals surface area (Å²) in [5, 5.41) is 9.12. The summed E-state index contributed by atoms with van der Waals surface area (Å²) < 4.78 is 4.74. The van der Waals surface area contributed by atoms with Gasteiger partial charge in [-0.15, -0.1) is 0 Å². The second-order valence-corrected chi connectivity index (χ2v) is 2.85. The number of ether oxygens (including phenoxy) is 1. The van der Waals surface area contributed by atoms with Crippen LogP contribution >= 0.6 is 0 Å². The van der Waals surface area contributed by atoms with Crippen molar-refractivity contribution in [2.24, 2.45) is 0 Å². The van der Waals surface area contributed by atoms with Gasteiger partial charge in [0.2, 0.25) is 0 Å². The number of methoxy groups -OCH3 is 1. The number of hydrogen-bond donors (Lipinski definition) is 1. The van der Waals surface area contributed by atoms with Gasteiger partial charge in [-0.05, 0) is 20.5 Å². The van der Waals surface area contributed by atoms with Crippen molar-refractivity contribution in [3.8, 4) is 0 Å². The van der Waals surface area contributed by atoms with Gasteiger partial charge in [0.15, 0.2) is 6.29 Å². The largest absolute Gasteiger partial charge is 0.368 e. The summed E-state index contributed by atoms with van der Waals surface area (Å²) in [6.07, 6.45) is 0.0416. The van der Waals surface area contributed by atoms with Crippen molar-refractivity contribution < 1.29 is 9.84 Å². The Hall–Kier alpha value is -0.120. The normalized spacial score (nSPS) is 16.9. The highest BCUT2D eigenvalue weighted by Crippen LogP contribution is 2.04. The third-order valence-electron chi connectivity index (χ3n) is 2.07. The van der Waals surface area contributed by atoms with Crippen LogP contribution in [0.5, 0.6) is 0 Å². The molecule has 0 aromatic carbocycles. The van der Waals surface area contributed by atoms with Crippen molar-refractivity contribution in [2.75, 3.05) is 20.7 Å². The van der Waals surface area contributed by atoms with Gasteiger partial charge in [0.05, 0.1) is 0 Å². The molecule has 0 aliphatic rings. The molecule has 68 valence electrons. The summed E-state index contributed by atoms with van der Waals surface area (Å²) in [6.45, 7) is 5.17. The minimum absolute atomic E-state index is 0.370. The Labute approximate surface area is 69.0 Å². The fraction of sp³-hybridized carbons (Fsp3) is 1.00. The summed E-state index contributed by atoms with van der Waals surface area (Å²) in [4.78, 5) is 2.17. The van der Waals surface area contributed by atoms with E-state index in [4.69, 9.17) is 9.84 Å². The van der Waals surface area contributed by atoms with Gasteiger partial charge in [-0.1, -0.05) is 6.92 Å². The highest BCUT2D eigenvalue weighted by molar-refractivity contribution is 4.62. The van der Waals surface area contributed by atoms with Gasteiger partial charge in [0.25, 0.3) is 0 Å². The first-order chi connectivity index (χ1) is 5.11. The van der Waals surface area contributed by atoms with Gasteiger partial charge in [-0.2, -0.15) is 0 Å². The molecule has 0 aromatic rings. The molecule has 3 heteroatoms. The molecule has 2 unspecified atom stereocenters. The Kier molecular flexibility index (Phi) is 5.46. The summed E-state index contributed by atoms with van der Waals surface area (Å²) in [5.74, 6) is 0. The average Bonchev–Trinajstić information content (AvgIpc) is 2.02. The molecular weight excluding hydrogens is 142 g/mol. The predicted molar refractivity (Wildman–Crippen MR) is 45.4 cm³/mol. The van der Waals surface area contributed by atoms with E-state index in [1.165, 1.54) is 7.11 Å². The fourth-order valence-electron chi connectivity index (χ4n) is 0.880. The Morgan fingerprint density at radius 1 is 1.55 bits per heavy atom. The molecule has 0 fully saturated rings. The van der Waals surface area contributed by atoms with Crippen LogP contribution in [0.3, 0.4) is 0 Å². The first-order valence-corrected chi connectivity index (χ1v) is 4.02. The molecule has 3 nitrogen and oxygen atoms in total. The van der Waals surface area contributed by atoms with Crippen LogP contribution < -0.4 is 0 Å². The van der Waals surface area contributed by atoms with E-state index < -0.39 is 6.29 Å². The number of aliphatic hydroxyl groups excluding tert-OH is 1. The van der Waals surface area contributed by atoms with Crippen molar-refractivity contribution in [1.82, 2.24) is 4.90 Å². The van der Waals surface area contributed by atoms with Crippen LogP contribution in [0.2, 0.25) is 0 Å². The van der Waals surface area contributed by atoms with E-state index in [0.717, 1.165) is 6.54 Å². The van der Waals surface area contributed by atoms with Gasteiger partial charge in [-0.3, -0.25) is 0 Å². The van der Waals surface area contributed by atoms with Gasteiger partial charge in [0.1, 0.15) is 0 Å². The first kappa shape index (κ1) is 10.9. The smallest absolute Gasteiger partial charge is 0.155 e. The third-order valence-corrected chi connectivity index (χ3v) is 2.07. The van der Waals surface area contributed by atoms with Crippen molar-refractivity contribution >= 4 is 0 Å². The molecule has 0 aliphatic carbocycles. The zero-order chi connectivity index (χ0) is 8.85. The quantitative estimate of drug-likeness (QED) is 0.602. The van der Waals surface area contributed by atoms with Crippen molar-refractivity contribution in [3.63, 3.8) is 0 Å². The van der Waals surface area contributed by atoms with Gasteiger partial charge in [-0.25, -0.2) is 0 Å². The van der Waals surface area contributed by atoms with E-state index in [-0.39, 0.29) is 0 Å². The highest BCUT2D eigenvalue weighted by atomic mass is 16.6. The lowest BCUT2D eigenvalue weighted by Crippen LogP contribution is -2.32. The van der Waals surface area contributed by atoms with E-state index >= 15 is 0 Å². The van der Waals surface area contributed by atoms with Crippen LogP contribution in [0.15, 0.2) is 0 Å². The maximum atomic E-state index is 9.12. The fourth-order valence-corrected chi connectivity index (χ4v) is 0.880. The lowest BCUT2D eigenvalue weighted by atomic mass is 10.2. The van der Waals surface area contributed by atoms with Crippen LogP contribution in [0.1, 0.15) is 20.3 Å². The maximum absolute atomic E-state index is 9.12. The van der Waals surface area contributed by atoms with Gasteiger partial charge >= 0.3 is 0 Å². The molecule has 0 spiro atoms. The minimum Gasteiger partial charge on any atom is -0.368 e. The minimum atomic E-state index is -0.626. The van der Waals surface area contributed by atoms with Crippen LogP contribution in [-0.2, 0) is 4.74 Å². The molecule has 0 rings (SSSR count). The number of aliphatic hydroxyl groups is 1. The molecule has 0 amide bonds. The molecule has 0 bridgehead atoms. The summed E-state index contributed by atoms with van der Waals surface area (Å²) in [5.41, 5.74) is 0. The topological polar surface area (TPSA) is 32.7 Å². The van der Waals surface area contributed by atoms with E-state index in [1.807, 2.05) is 7.05 Å². The first-order valence-electron chi connectivity index (χ1n) is 4.02. The Morgan fingerprint density at radius 2 is 2.09 bits per heavy atom. The average molecular weight is 161 g/mol. The number of rotatable bonds is 5. The van der Waals surface area contributed by atoms with E-state index in [9.17, 15) is 0 Å². The van der Waals surface area contributed by atoms with Crippen molar-refractivity contribution in [2.45, 2.75) is 32.6 Å². The lowest BCUT2D eigenvalue weighted by molar-refractivity contribution is -0.0885. The molecule has 0 radical (unpaired) electrons. The second kappa shape index (κ2) is 5.52. The zero-order valence-electron chi connectivity index (χ0n) is 7.87. The standard InChI is InChI=1S/C8H19NO2/c1-5-9(3)7(2)6-8(10)11-4/h7-8,10H,5-6H2,1-4H3.